The molecule has 1 aliphatic heterocycles. The second kappa shape index (κ2) is 4.57. The molecule has 1 atom stereocenters. The first-order valence-corrected chi connectivity index (χ1v) is 5.69. The van der Waals surface area contributed by atoms with E-state index >= 15 is 0 Å². The molecule has 1 amide bonds. The van der Waals surface area contributed by atoms with Crippen LogP contribution in [-0.2, 0) is 4.79 Å². The van der Waals surface area contributed by atoms with Crippen molar-refractivity contribution in [1.82, 2.24) is 4.98 Å². The molecule has 1 aliphatic rings. The molecule has 4 nitrogen and oxygen atoms in total. The molecule has 6 heteroatoms. The summed E-state index contributed by atoms with van der Waals surface area (Å²) in [7, 11) is 0. The number of anilines is 1. The van der Waals surface area contributed by atoms with E-state index in [9.17, 15) is 4.79 Å². The van der Waals surface area contributed by atoms with Gasteiger partial charge in [-0.15, -0.1) is 0 Å². The van der Waals surface area contributed by atoms with Crippen LogP contribution in [0.25, 0.3) is 0 Å². The summed E-state index contributed by atoms with van der Waals surface area (Å²) in [6, 6.07) is 1.65. The third-order valence-corrected chi connectivity index (χ3v) is 3.32. The molecule has 16 heavy (non-hydrogen) atoms. The van der Waals surface area contributed by atoms with E-state index in [1.807, 2.05) is 0 Å². The molecule has 0 saturated carbocycles. The van der Waals surface area contributed by atoms with Gasteiger partial charge in [0.1, 0.15) is 5.15 Å². The zero-order valence-electron chi connectivity index (χ0n) is 8.49. The fourth-order valence-electron chi connectivity index (χ4n) is 1.75. The maximum atomic E-state index is 11.7. The van der Waals surface area contributed by atoms with Gasteiger partial charge in [0, 0.05) is 13.0 Å². The Morgan fingerprint density at radius 2 is 2.31 bits per heavy atom. The Bertz CT molecular complexity index is 425. The van der Waals surface area contributed by atoms with Gasteiger partial charge >= 0.3 is 0 Å². The van der Waals surface area contributed by atoms with E-state index in [1.54, 1.807) is 17.2 Å². The zero-order chi connectivity index (χ0) is 11.7. The number of nitrogens with zero attached hydrogens (tertiary/aromatic N) is 2. The minimum atomic E-state index is 0.0515. The molecule has 2 heterocycles. The smallest absolute Gasteiger partial charge is 0.227 e. The van der Waals surface area contributed by atoms with Crippen LogP contribution in [0.1, 0.15) is 6.42 Å². The molecule has 1 aromatic rings. The largest absolute Gasteiger partial charge is 0.330 e. The Morgan fingerprint density at radius 1 is 1.56 bits per heavy atom. The molecule has 2 rings (SSSR count). The first-order chi connectivity index (χ1) is 7.61. The van der Waals surface area contributed by atoms with Crippen molar-refractivity contribution in [2.75, 3.05) is 18.0 Å². The summed E-state index contributed by atoms with van der Waals surface area (Å²) < 4.78 is 0. The Morgan fingerprint density at radius 3 is 2.88 bits per heavy atom. The molecule has 0 aromatic carbocycles. The highest BCUT2D eigenvalue weighted by molar-refractivity contribution is 6.41. The molecule has 0 bridgehead atoms. The van der Waals surface area contributed by atoms with Crippen molar-refractivity contribution in [2.24, 2.45) is 11.7 Å². The summed E-state index contributed by atoms with van der Waals surface area (Å²) in [5, 5.41) is 0.593. The van der Waals surface area contributed by atoms with Crippen LogP contribution in [0.4, 0.5) is 5.69 Å². The van der Waals surface area contributed by atoms with Gasteiger partial charge in [0.05, 0.1) is 16.9 Å². The number of hydrogen-bond acceptors (Lipinski definition) is 3. The maximum Gasteiger partial charge on any atom is 0.227 e. The monoisotopic (exact) mass is 259 g/mol. The van der Waals surface area contributed by atoms with E-state index in [2.05, 4.69) is 4.98 Å². The SMILES string of the molecule is NCC1CC(=O)N(c2cnc(Cl)c(Cl)c2)C1. The van der Waals surface area contributed by atoms with Crippen LogP contribution in [0.5, 0.6) is 0 Å². The van der Waals surface area contributed by atoms with Crippen LogP contribution < -0.4 is 10.6 Å². The molecule has 0 spiro atoms. The Hall–Kier alpha value is -0.840. The van der Waals surface area contributed by atoms with Crippen molar-refractivity contribution in [2.45, 2.75) is 6.42 Å². The summed E-state index contributed by atoms with van der Waals surface area (Å²) in [6.07, 6.45) is 2.03. The molecule has 1 aromatic heterocycles. The molecule has 86 valence electrons. The van der Waals surface area contributed by atoms with Gasteiger partial charge in [0.15, 0.2) is 0 Å². The number of carbonyl (C=O) groups excluding carboxylic acids is 1. The van der Waals surface area contributed by atoms with Crippen LogP contribution in [0, 0.1) is 5.92 Å². The molecule has 1 unspecified atom stereocenters. The number of nitrogens with two attached hydrogens (primary N) is 1. The summed E-state index contributed by atoms with van der Waals surface area (Å²) in [6.45, 7) is 1.13. The highest BCUT2D eigenvalue weighted by Gasteiger charge is 2.29. The maximum absolute atomic E-state index is 11.7. The molecule has 0 radical (unpaired) electrons. The van der Waals surface area contributed by atoms with Gasteiger partial charge in [-0.3, -0.25) is 4.79 Å². The fourth-order valence-corrected chi connectivity index (χ4v) is 2.01. The van der Waals surface area contributed by atoms with Crippen LogP contribution in [-0.4, -0.2) is 24.0 Å². The van der Waals surface area contributed by atoms with E-state index in [-0.39, 0.29) is 17.0 Å². The van der Waals surface area contributed by atoms with Crippen molar-refractivity contribution in [3.05, 3.63) is 22.4 Å². The van der Waals surface area contributed by atoms with Crippen LogP contribution in [0.15, 0.2) is 12.3 Å². The molecular formula is C10H11Cl2N3O. The number of carbonyl (C=O) groups is 1. The van der Waals surface area contributed by atoms with Gasteiger partial charge in [-0.25, -0.2) is 4.98 Å². The predicted molar refractivity (Wildman–Crippen MR) is 63.8 cm³/mol. The molecule has 1 fully saturated rings. The average Bonchev–Trinajstić information content (AvgIpc) is 2.64. The lowest BCUT2D eigenvalue weighted by molar-refractivity contribution is -0.117. The molecular weight excluding hydrogens is 249 g/mol. The second-order valence-corrected chi connectivity index (χ2v) is 4.54. The second-order valence-electron chi connectivity index (χ2n) is 3.78. The first kappa shape index (κ1) is 11.6. The molecule has 2 N–H and O–H groups in total. The van der Waals surface area contributed by atoms with E-state index in [4.69, 9.17) is 28.9 Å². The Labute approximate surface area is 103 Å². The van der Waals surface area contributed by atoms with Gasteiger partial charge in [-0.1, -0.05) is 23.2 Å². The van der Waals surface area contributed by atoms with Crippen molar-refractivity contribution in [3.63, 3.8) is 0 Å². The third-order valence-electron chi connectivity index (χ3n) is 2.63. The third kappa shape index (κ3) is 2.14. The first-order valence-electron chi connectivity index (χ1n) is 4.93. The number of hydrogen-bond donors (Lipinski definition) is 1. The minimum Gasteiger partial charge on any atom is -0.330 e. The van der Waals surface area contributed by atoms with Gasteiger partial charge in [-0.05, 0) is 18.5 Å². The van der Waals surface area contributed by atoms with Gasteiger partial charge < -0.3 is 10.6 Å². The molecule has 0 aliphatic carbocycles. The number of pyridine rings is 1. The minimum absolute atomic E-state index is 0.0515. The lowest BCUT2D eigenvalue weighted by atomic mass is 10.1. The fraction of sp³-hybridized carbons (Fsp3) is 0.400. The molecule has 1 saturated heterocycles. The van der Waals surface area contributed by atoms with Crippen molar-refractivity contribution in [3.8, 4) is 0 Å². The van der Waals surface area contributed by atoms with Crippen LogP contribution in [0.3, 0.4) is 0 Å². The summed E-state index contributed by atoms with van der Waals surface area (Å²) in [4.78, 5) is 17.3. The van der Waals surface area contributed by atoms with Crippen LogP contribution >= 0.6 is 23.2 Å². The number of rotatable bonds is 2. The lowest BCUT2D eigenvalue weighted by Gasteiger charge is -2.16. The Balaban J connectivity index is 2.24. The highest BCUT2D eigenvalue weighted by atomic mass is 35.5. The van der Waals surface area contributed by atoms with E-state index in [1.165, 1.54) is 0 Å². The number of halogens is 2. The van der Waals surface area contributed by atoms with E-state index in [0.29, 0.717) is 30.2 Å². The van der Waals surface area contributed by atoms with Gasteiger partial charge in [-0.2, -0.15) is 0 Å². The standard InChI is InChI=1S/C10H11Cl2N3O/c11-8-2-7(4-14-10(8)12)15-5-6(3-13)1-9(15)16/h2,4,6H,1,3,5,13H2. The van der Waals surface area contributed by atoms with E-state index in [0.717, 1.165) is 0 Å². The highest BCUT2D eigenvalue weighted by Crippen LogP contribution is 2.28. The number of aromatic nitrogens is 1. The normalized spacial score (nSPS) is 20.6. The van der Waals surface area contributed by atoms with Crippen LogP contribution in [0.2, 0.25) is 10.2 Å². The van der Waals surface area contributed by atoms with Gasteiger partial charge in [0.25, 0.3) is 0 Å². The topological polar surface area (TPSA) is 59.2 Å². The van der Waals surface area contributed by atoms with Crippen molar-refractivity contribution < 1.29 is 4.79 Å². The van der Waals surface area contributed by atoms with Gasteiger partial charge in [0.2, 0.25) is 5.91 Å². The summed E-state index contributed by atoms with van der Waals surface area (Å²) >= 11 is 11.6. The quantitative estimate of drug-likeness (QED) is 0.823. The summed E-state index contributed by atoms with van der Waals surface area (Å²) in [5.74, 6) is 0.262. The van der Waals surface area contributed by atoms with E-state index < -0.39 is 0 Å². The predicted octanol–water partition coefficient (Wildman–Crippen LogP) is 1.70. The van der Waals surface area contributed by atoms with Crippen molar-refractivity contribution >= 4 is 34.8 Å². The zero-order valence-corrected chi connectivity index (χ0v) is 10.0. The average molecular weight is 260 g/mol. The summed E-state index contributed by atoms with van der Waals surface area (Å²) in [5.41, 5.74) is 6.22. The number of amides is 1. The lowest BCUT2D eigenvalue weighted by Crippen LogP contribution is -2.25. The Kier molecular flexibility index (Phi) is 3.33. The van der Waals surface area contributed by atoms with Crippen molar-refractivity contribution in [1.29, 1.82) is 0 Å².